The minimum atomic E-state index is -0.521. The quantitative estimate of drug-likeness (QED) is 0.797. The maximum atomic E-state index is 14.5. The summed E-state index contributed by atoms with van der Waals surface area (Å²) in [4.78, 5) is 7.06. The fraction of sp³-hybridized carbons (Fsp3) is 0.455. The molecule has 0 N–H and O–H groups in total. The van der Waals surface area contributed by atoms with Crippen molar-refractivity contribution in [2.24, 2.45) is 0 Å². The van der Waals surface area contributed by atoms with Crippen LogP contribution in [0.15, 0.2) is 36.4 Å². The van der Waals surface area contributed by atoms with Gasteiger partial charge in [-0.1, -0.05) is 12.1 Å². The van der Waals surface area contributed by atoms with E-state index in [2.05, 4.69) is 47.0 Å². The summed E-state index contributed by atoms with van der Waals surface area (Å²) in [7, 11) is 4.26. The molecule has 0 saturated carbocycles. The van der Waals surface area contributed by atoms with E-state index in [-0.39, 0.29) is 5.92 Å². The molecule has 1 saturated heterocycles. The van der Waals surface area contributed by atoms with Gasteiger partial charge in [-0.2, -0.15) is 0 Å². The van der Waals surface area contributed by atoms with Crippen molar-refractivity contribution in [2.75, 3.05) is 51.7 Å². The number of anilines is 1. The Morgan fingerprint density at radius 2 is 1.56 bits per heavy atom. The molecule has 0 spiro atoms. The van der Waals surface area contributed by atoms with Crippen molar-refractivity contribution in [2.45, 2.75) is 18.9 Å². The van der Waals surface area contributed by atoms with Crippen molar-refractivity contribution >= 4 is 5.69 Å². The number of halogens is 2. The second-order valence-corrected chi connectivity index (χ2v) is 7.92. The molecule has 0 aliphatic carbocycles. The van der Waals surface area contributed by atoms with E-state index in [1.165, 1.54) is 22.9 Å². The van der Waals surface area contributed by atoms with E-state index in [4.69, 9.17) is 0 Å². The van der Waals surface area contributed by atoms with Crippen molar-refractivity contribution in [3.05, 3.63) is 64.7 Å². The summed E-state index contributed by atoms with van der Waals surface area (Å²) >= 11 is 0. The number of fused-ring (bicyclic) bond motifs is 1. The molecule has 5 heteroatoms. The fourth-order valence-corrected chi connectivity index (χ4v) is 4.31. The highest BCUT2D eigenvalue weighted by Gasteiger charge is 2.26. The smallest absolute Gasteiger partial charge is 0.129 e. The predicted molar refractivity (Wildman–Crippen MR) is 105 cm³/mol. The normalized spacial score (nSPS) is 21.8. The van der Waals surface area contributed by atoms with Gasteiger partial charge in [-0.15, -0.1) is 0 Å². The first-order valence-electron chi connectivity index (χ1n) is 9.71. The van der Waals surface area contributed by atoms with E-state index in [1.807, 2.05) is 0 Å². The van der Waals surface area contributed by atoms with Crippen molar-refractivity contribution in [1.29, 1.82) is 0 Å². The van der Waals surface area contributed by atoms with E-state index in [1.54, 1.807) is 6.07 Å². The number of rotatable bonds is 2. The number of nitrogens with zero attached hydrogens (tertiary/aromatic N) is 3. The van der Waals surface area contributed by atoms with Gasteiger partial charge in [-0.05, 0) is 62.0 Å². The van der Waals surface area contributed by atoms with Crippen LogP contribution in [0.5, 0.6) is 0 Å². The Morgan fingerprint density at radius 1 is 0.815 bits per heavy atom. The van der Waals surface area contributed by atoms with Crippen molar-refractivity contribution in [1.82, 2.24) is 9.80 Å². The molecule has 2 aromatic carbocycles. The lowest BCUT2D eigenvalue weighted by Gasteiger charge is -2.34. The van der Waals surface area contributed by atoms with Crippen molar-refractivity contribution < 1.29 is 8.78 Å². The lowest BCUT2D eigenvalue weighted by atomic mass is 9.86. The van der Waals surface area contributed by atoms with E-state index in [0.29, 0.717) is 5.56 Å². The van der Waals surface area contributed by atoms with Crippen LogP contribution in [-0.2, 0) is 6.54 Å². The van der Waals surface area contributed by atoms with Gasteiger partial charge in [0.2, 0.25) is 0 Å². The molecule has 1 fully saturated rings. The summed E-state index contributed by atoms with van der Waals surface area (Å²) in [5.74, 6) is -1.00. The summed E-state index contributed by atoms with van der Waals surface area (Å²) in [6.45, 7) is 5.94. The van der Waals surface area contributed by atoms with Gasteiger partial charge in [0.1, 0.15) is 11.6 Å². The maximum absolute atomic E-state index is 14.5. The van der Waals surface area contributed by atoms with E-state index in [9.17, 15) is 8.78 Å². The molecule has 2 aliphatic heterocycles. The van der Waals surface area contributed by atoms with Crippen molar-refractivity contribution in [3.8, 4) is 0 Å². The Labute approximate surface area is 160 Å². The lowest BCUT2D eigenvalue weighted by molar-refractivity contribution is 0.312. The van der Waals surface area contributed by atoms with Crippen LogP contribution >= 0.6 is 0 Å². The van der Waals surface area contributed by atoms with E-state index in [0.717, 1.165) is 51.8 Å². The summed E-state index contributed by atoms with van der Waals surface area (Å²) in [5, 5.41) is 0. The maximum Gasteiger partial charge on any atom is 0.129 e. The Hall–Kier alpha value is -1.98. The van der Waals surface area contributed by atoms with Gasteiger partial charge in [0.15, 0.2) is 0 Å². The Kier molecular flexibility index (Phi) is 5.15. The second-order valence-electron chi connectivity index (χ2n) is 7.92. The van der Waals surface area contributed by atoms with Crippen LogP contribution in [0.25, 0.3) is 0 Å². The van der Waals surface area contributed by atoms with Gasteiger partial charge in [0.05, 0.1) is 0 Å². The number of benzene rings is 2. The highest BCUT2D eigenvalue weighted by atomic mass is 19.1. The fourth-order valence-electron chi connectivity index (χ4n) is 4.31. The van der Waals surface area contributed by atoms with Gasteiger partial charge in [-0.3, -0.25) is 0 Å². The predicted octanol–water partition coefficient (Wildman–Crippen LogP) is 3.68. The minimum Gasteiger partial charge on any atom is -0.369 e. The minimum absolute atomic E-state index is 0.0351. The number of hydrogen-bond acceptors (Lipinski definition) is 3. The molecular formula is C22H27F2N3. The highest BCUT2D eigenvalue weighted by Crippen LogP contribution is 2.37. The monoisotopic (exact) mass is 371 g/mol. The molecule has 4 rings (SSSR count). The van der Waals surface area contributed by atoms with Crippen LogP contribution in [0.1, 0.15) is 29.0 Å². The van der Waals surface area contributed by atoms with Gasteiger partial charge in [0, 0.05) is 50.4 Å². The van der Waals surface area contributed by atoms with Gasteiger partial charge in [0.25, 0.3) is 0 Å². The number of hydrogen-bond donors (Lipinski definition) is 0. The Bertz CT molecular complexity index is 815. The summed E-state index contributed by atoms with van der Waals surface area (Å²) in [6.07, 6.45) is 0.833. The number of piperazine rings is 1. The molecule has 2 aromatic rings. The van der Waals surface area contributed by atoms with Gasteiger partial charge >= 0.3 is 0 Å². The molecule has 0 radical (unpaired) electrons. The molecular weight excluding hydrogens is 344 g/mol. The molecule has 1 unspecified atom stereocenters. The molecule has 0 aromatic heterocycles. The molecule has 2 aliphatic rings. The van der Waals surface area contributed by atoms with Crippen molar-refractivity contribution in [3.63, 3.8) is 0 Å². The summed E-state index contributed by atoms with van der Waals surface area (Å²) in [6, 6.07) is 10.6. The largest absolute Gasteiger partial charge is 0.369 e. The highest BCUT2D eigenvalue weighted by molar-refractivity contribution is 5.54. The molecule has 0 amide bonds. The zero-order valence-electron chi connectivity index (χ0n) is 16.1. The topological polar surface area (TPSA) is 9.72 Å². The van der Waals surface area contributed by atoms with Gasteiger partial charge < -0.3 is 14.7 Å². The lowest BCUT2D eigenvalue weighted by Crippen LogP contribution is -2.44. The second kappa shape index (κ2) is 7.56. The average Bonchev–Trinajstić information content (AvgIpc) is 2.80. The van der Waals surface area contributed by atoms with Crippen LogP contribution < -0.4 is 4.90 Å². The first kappa shape index (κ1) is 18.4. The SMILES string of the molecule is CN1CCN(c2ccc3c(c2)CN(C)CCC3c2ccc(F)cc2F)CC1. The molecule has 27 heavy (non-hydrogen) atoms. The Morgan fingerprint density at radius 3 is 2.30 bits per heavy atom. The summed E-state index contributed by atoms with van der Waals surface area (Å²) in [5.41, 5.74) is 4.26. The Balaban J connectivity index is 1.70. The first-order valence-corrected chi connectivity index (χ1v) is 9.71. The third-order valence-corrected chi connectivity index (χ3v) is 5.95. The third-order valence-electron chi connectivity index (χ3n) is 5.95. The first-order chi connectivity index (χ1) is 13.0. The van der Waals surface area contributed by atoms with Crippen LogP contribution in [0.2, 0.25) is 0 Å². The molecule has 2 heterocycles. The molecule has 1 atom stereocenters. The van der Waals surface area contributed by atoms with Gasteiger partial charge in [-0.25, -0.2) is 8.78 Å². The third kappa shape index (κ3) is 3.85. The van der Waals surface area contributed by atoms with Crippen LogP contribution in [0.3, 0.4) is 0 Å². The average molecular weight is 371 g/mol. The van der Waals surface area contributed by atoms with E-state index >= 15 is 0 Å². The zero-order valence-corrected chi connectivity index (χ0v) is 16.1. The van der Waals surface area contributed by atoms with Crippen LogP contribution in [0.4, 0.5) is 14.5 Å². The van der Waals surface area contributed by atoms with Crippen LogP contribution in [-0.4, -0.2) is 56.6 Å². The van der Waals surface area contributed by atoms with Crippen LogP contribution in [0, 0.1) is 11.6 Å². The zero-order chi connectivity index (χ0) is 19.0. The standard InChI is InChI=1S/C22H27F2N3/c1-25-9-11-27(12-10-25)18-4-6-19-16(13-18)15-26(2)8-7-20(19)21-5-3-17(23)14-22(21)24/h3-6,13-14,20H,7-12,15H2,1-2H3. The molecule has 144 valence electrons. The molecule has 0 bridgehead atoms. The number of likely N-dealkylation sites (N-methyl/N-ethyl adjacent to an activating group) is 1. The van der Waals surface area contributed by atoms with E-state index < -0.39 is 11.6 Å². The summed E-state index contributed by atoms with van der Waals surface area (Å²) < 4.78 is 27.9. The molecule has 3 nitrogen and oxygen atoms in total.